The Morgan fingerprint density at radius 3 is 2.65 bits per heavy atom. The fourth-order valence-electron chi connectivity index (χ4n) is 5.43. The van der Waals surface area contributed by atoms with E-state index >= 15 is 0 Å². The Balaban J connectivity index is 1.23. The highest BCUT2D eigenvalue weighted by atomic mass is 32.1. The van der Waals surface area contributed by atoms with Gasteiger partial charge < -0.3 is 24.8 Å². The smallest absolute Gasteiger partial charge is 0.274 e. The van der Waals surface area contributed by atoms with Crippen molar-refractivity contribution in [2.24, 2.45) is 7.05 Å². The van der Waals surface area contributed by atoms with E-state index in [0.29, 0.717) is 24.7 Å². The number of carbonyl (C=O) groups excluding carboxylic acids is 1. The molecule has 6 rings (SSSR count). The summed E-state index contributed by atoms with van der Waals surface area (Å²) in [6.07, 6.45) is 8.16. The minimum Gasteiger partial charge on any atom is -0.378 e. The summed E-state index contributed by atoms with van der Waals surface area (Å²) in [5, 5.41) is 6.33. The maximum absolute atomic E-state index is 13.1. The number of anilines is 4. The predicted octanol–water partition coefficient (Wildman–Crippen LogP) is 5.53. The SMILES string of the molecule is Cc1c(NC(=O)c2cc3c(s2)CCCC3)cccc1-c1cc(Nc2ccc(N3CCOCC3)cn2)c(=O)n(C)c1. The van der Waals surface area contributed by atoms with Crippen LogP contribution in [0.2, 0.25) is 0 Å². The van der Waals surface area contributed by atoms with Gasteiger partial charge in [0.25, 0.3) is 11.5 Å². The van der Waals surface area contributed by atoms with Gasteiger partial charge in [0.1, 0.15) is 11.5 Å². The molecule has 0 radical (unpaired) electrons. The number of aromatic nitrogens is 2. The molecule has 2 aliphatic rings. The van der Waals surface area contributed by atoms with Crippen LogP contribution in [0.5, 0.6) is 0 Å². The Kier molecular flexibility index (Phi) is 7.40. The first-order valence-electron chi connectivity index (χ1n) is 13.8. The zero-order valence-electron chi connectivity index (χ0n) is 22.8. The van der Waals surface area contributed by atoms with E-state index in [0.717, 1.165) is 58.9 Å². The quantitative estimate of drug-likeness (QED) is 0.325. The third-order valence-corrected chi connectivity index (χ3v) is 8.92. The highest BCUT2D eigenvalue weighted by Gasteiger charge is 2.19. The van der Waals surface area contributed by atoms with E-state index in [9.17, 15) is 9.59 Å². The second-order valence-corrected chi connectivity index (χ2v) is 11.5. The number of ether oxygens (including phenoxy) is 1. The van der Waals surface area contributed by atoms with Gasteiger partial charge in [0.2, 0.25) is 0 Å². The molecule has 0 unspecified atom stereocenters. The fourth-order valence-corrected chi connectivity index (χ4v) is 6.57. The molecule has 1 saturated heterocycles. The number of fused-ring (bicyclic) bond motifs is 1. The number of morpholine rings is 1. The first kappa shape index (κ1) is 26.3. The first-order valence-corrected chi connectivity index (χ1v) is 14.6. The lowest BCUT2D eigenvalue weighted by Crippen LogP contribution is -2.36. The third-order valence-electron chi connectivity index (χ3n) is 7.68. The van der Waals surface area contributed by atoms with E-state index in [1.54, 1.807) is 23.0 Å². The van der Waals surface area contributed by atoms with Crippen molar-refractivity contribution in [3.63, 3.8) is 0 Å². The van der Waals surface area contributed by atoms with Crippen molar-refractivity contribution in [1.82, 2.24) is 9.55 Å². The normalized spacial score (nSPS) is 15.0. The molecule has 0 bridgehead atoms. The molecule has 0 saturated carbocycles. The minimum atomic E-state index is -0.147. The molecular weight excluding hydrogens is 522 g/mol. The van der Waals surface area contributed by atoms with E-state index in [4.69, 9.17) is 4.74 Å². The number of amides is 1. The van der Waals surface area contributed by atoms with E-state index < -0.39 is 0 Å². The van der Waals surface area contributed by atoms with Crippen LogP contribution in [0.15, 0.2) is 59.7 Å². The second kappa shape index (κ2) is 11.3. The van der Waals surface area contributed by atoms with Crippen LogP contribution >= 0.6 is 11.3 Å². The predicted molar refractivity (Wildman–Crippen MR) is 161 cm³/mol. The Bertz CT molecular complexity index is 1580. The third kappa shape index (κ3) is 5.39. The molecule has 4 heterocycles. The fraction of sp³-hybridized carbons (Fsp3) is 0.323. The Morgan fingerprint density at radius 2 is 1.88 bits per heavy atom. The summed E-state index contributed by atoms with van der Waals surface area (Å²) in [6.45, 7) is 5.09. The van der Waals surface area contributed by atoms with Crippen LogP contribution in [-0.4, -0.2) is 41.8 Å². The molecule has 0 spiro atoms. The van der Waals surface area contributed by atoms with Crippen molar-refractivity contribution in [2.75, 3.05) is 41.8 Å². The van der Waals surface area contributed by atoms with Gasteiger partial charge in [-0.25, -0.2) is 4.98 Å². The molecule has 3 aromatic heterocycles. The van der Waals surface area contributed by atoms with Gasteiger partial charge in [0.15, 0.2) is 0 Å². The number of nitrogens with zero attached hydrogens (tertiary/aromatic N) is 3. The summed E-state index contributed by atoms with van der Waals surface area (Å²) < 4.78 is 7.00. The van der Waals surface area contributed by atoms with Crippen molar-refractivity contribution in [2.45, 2.75) is 32.6 Å². The van der Waals surface area contributed by atoms with Crippen molar-refractivity contribution in [3.05, 3.63) is 86.1 Å². The number of carbonyl (C=O) groups is 1. The largest absolute Gasteiger partial charge is 0.378 e. The molecular formula is C31H33N5O3S. The number of benzene rings is 1. The van der Waals surface area contributed by atoms with Gasteiger partial charge in [0.05, 0.1) is 30.0 Å². The van der Waals surface area contributed by atoms with Gasteiger partial charge in [-0.2, -0.15) is 0 Å². The van der Waals surface area contributed by atoms with Crippen LogP contribution in [-0.2, 0) is 24.6 Å². The lowest BCUT2D eigenvalue weighted by molar-refractivity contribution is 0.103. The Morgan fingerprint density at radius 1 is 1.05 bits per heavy atom. The maximum atomic E-state index is 13.1. The highest BCUT2D eigenvalue weighted by molar-refractivity contribution is 7.14. The lowest BCUT2D eigenvalue weighted by Gasteiger charge is -2.28. The number of pyridine rings is 2. The van der Waals surface area contributed by atoms with Crippen LogP contribution < -0.4 is 21.1 Å². The summed E-state index contributed by atoms with van der Waals surface area (Å²) in [4.78, 5) is 35.0. The van der Waals surface area contributed by atoms with Crippen molar-refractivity contribution >= 4 is 40.1 Å². The van der Waals surface area contributed by atoms with Gasteiger partial charge >= 0.3 is 0 Å². The minimum absolute atomic E-state index is 0.0749. The molecule has 1 aliphatic heterocycles. The second-order valence-electron chi connectivity index (χ2n) is 10.4. The van der Waals surface area contributed by atoms with E-state index in [-0.39, 0.29) is 11.5 Å². The molecule has 1 aromatic carbocycles. The Labute approximate surface area is 237 Å². The monoisotopic (exact) mass is 555 g/mol. The summed E-state index contributed by atoms with van der Waals surface area (Å²) in [7, 11) is 1.74. The number of nitrogens with one attached hydrogen (secondary N) is 2. The van der Waals surface area contributed by atoms with Crippen LogP contribution in [0.3, 0.4) is 0 Å². The van der Waals surface area contributed by atoms with E-state index in [1.165, 1.54) is 23.3 Å². The maximum Gasteiger partial charge on any atom is 0.274 e. The zero-order chi connectivity index (χ0) is 27.6. The van der Waals surface area contributed by atoms with Gasteiger partial charge in [-0.1, -0.05) is 12.1 Å². The average molecular weight is 556 g/mol. The molecule has 4 aromatic rings. The van der Waals surface area contributed by atoms with E-state index in [2.05, 4.69) is 26.6 Å². The van der Waals surface area contributed by atoms with Crippen LogP contribution in [0, 0.1) is 6.92 Å². The molecule has 2 N–H and O–H groups in total. The average Bonchev–Trinajstić information content (AvgIpc) is 3.42. The van der Waals surface area contributed by atoms with Crippen molar-refractivity contribution < 1.29 is 9.53 Å². The molecule has 1 amide bonds. The first-order chi connectivity index (χ1) is 19.5. The highest BCUT2D eigenvalue weighted by Crippen LogP contribution is 2.33. The standard InChI is InChI=1S/C31H33N5O3S/c1-20-24(7-5-8-25(20)34-30(37)28-17-21-6-3-4-9-27(21)40-28)22-16-26(31(38)35(2)19-22)33-29-11-10-23(18-32-29)36-12-14-39-15-13-36/h5,7-8,10-11,16-19H,3-4,6,9,12-15H2,1-2H3,(H,32,33)(H,34,37). The number of aryl methyl sites for hydroxylation is 3. The van der Waals surface area contributed by atoms with Crippen LogP contribution in [0.1, 0.15) is 38.5 Å². The van der Waals surface area contributed by atoms with Gasteiger partial charge in [-0.3, -0.25) is 9.59 Å². The van der Waals surface area contributed by atoms with Crippen molar-refractivity contribution in [1.29, 1.82) is 0 Å². The molecule has 1 fully saturated rings. The van der Waals surface area contributed by atoms with Crippen LogP contribution in [0.4, 0.5) is 22.9 Å². The molecule has 8 nitrogen and oxygen atoms in total. The zero-order valence-corrected chi connectivity index (χ0v) is 23.6. The topological polar surface area (TPSA) is 88.5 Å². The van der Waals surface area contributed by atoms with Gasteiger partial charge in [-0.15, -0.1) is 11.3 Å². The Hall–Kier alpha value is -3.95. The van der Waals surface area contributed by atoms with Crippen LogP contribution in [0.25, 0.3) is 11.1 Å². The summed E-state index contributed by atoms with van der Waals surface area (Å²) >= 11 is 1.61. The number of hydrogen-bond donors (Lipinski definition) is 2. The molecule has 40 heavy (non-hydrogen) atoms. The molecule has 9 heteroatoms. The number of rotatable bonds is 6. The van der Waals surface area contributed by atoms with Crippen molar-refractivity contribution in [3.8, 4) is 11.1 Å². The van der Waals surface area contributed by atoms with Gasteiger partial charge in [-0.05, 0) is 79.6 Å². The molecule has 0 atom stereocenters. The summed E-state index contributed by atoms with van der Waals surface area (Å²) in [6, 6.07) is 13.7. The summed E-state index contributed by atoms with van der Waals surface area (Å²) in [5.74, 6) is 0.525. The summed E-state index contributed by atoms with van der Waals surface area (Å²) in [5.41, 5.74) is 6.16. The number of hydrogen-bond acceptors (Lipinski definition) is 7. The number of thiophene rings is 1. The van der Waals surface area contributed by atoms with E-state index in [1.807, 2.05) is 55.7 Å². The lowest BCUT2D eigenvalue weighted by atomic mass is 9.99. The molecule has 1 aliphatic carbocycles. The molecule has 206 valence electrons. The van der Waals surface area contributed by atoms with Gasteiger partial charge in [0, 0.05) is 42.5 Å².